The Bertz CT molecular complexity index is 1520. The highest BCUT2D eigenvalue weighted by Crippen LogP contribution is 2.29. The third-order valence-corrected chi connectivity index (χ3v) is 5.59. The minimum absolute atomic E-state index is 0.248. The standard InChI is InChI=1S/C31H27N3O6/c1-3-39-28-18-21(12-17-27(28)40-31(37)23-13-15-26(38-2)16-14-23)20-32-34-30(36)24-10-7-11-25(19-24)33-29(35)22-8-5-4-6-9-22/h4-20H,3H2,1-2H3,(H,33,35)(H,34,36). The fourth-order valence-electron chi connectivity index (χ4n) is 3.60. The van der Waals surface area contributed by atoms with Crippen LogP contribution in [0.5, 0.6) is 17.2 Å². The highest BCUT2D eigenvalue weighted by Gasteiger charge is 2.14. The lowest BCUT2D eigenvalue weighted by atomic mass is 10.1. The van der Waals surface area contributed by atoms with Gasteiger partial charge in [0.25, 0.3) is 11.8 Å². The number of ether oxygens (including phenoxy) is 3. The molecule has 2 N–H and O–H groups in total. The van der Waals surface area contributed by atoms with Gasteiger partial charge >= 0.3 is 5.97 Å². The van der Waals surface area contributed by atoms with Crippen molar-refractivity contribution in [1.82, 2.24) is 5.43 Å². The van der Waals surface area contributed by atoms with Gasteiger partial charge in [-0.25, -0.2) is 10.2 Å². The third kappa shape index (κ3) is 7.32. The van der Waals surface area contributed by atoms with Crippen LogP contribution in [0.25, 0.3) is 0 Å². The van der Waals surface area contributed by atoms with Crippen molar-refractivity contribution < 1.29 is 28.6 Å². The average Bonchev–Trinajstić information content (AvgIpc) is 2.99. The number of methoxy groups -OCH3 is 1. The number of nitrogens with one attached hydrogen (secondary N) is 2. The molecule has 0 radical (unpaired) electrons. The number of amides is 2. The lowest BCUT2D eigenvalue weighted by Gasteiger charge is -2.11. The second-order valence-corrected chi connectivity index (χ2v) is 8.36. The summed E-state index contributed by atoms with van der Waals surface area (Å²) in [6, 6.07) is 26.8. The number of anilines is 1. The second kappa shape index (κ2) is 13.4. The van der Waals surface area contributed by atoms with Crippen LogP contribution in [-0.4, -0.2) is 37.7 Å². The zero-order valence-corrected chi connectivity index (χ0v) is 21.9. The minimum Gasteiger partial charge on any atom is -0.497 e. The van der Waals surface area contributed by atoms with Gasteiger partial charge in [0.2, 0.25) is 0 Å². The van der Waals surface area contributed by atoms with Crippen molar-refractivity contribution in [3.05, 3.63) is 119 Å². The molecule has 0 unspecified atom stereocenters. The normalized spacial score (nSPS) is 10.6. The maximum absolute atomic E-state index is 12.6. The largest absolute Gasteiger partial charge is 0.497 e. The number of carbonyl (C=O) groups is 3. The average molecular weight is 538 g/mol. The molecule has 0 saturated heterocycles. The molecule has 0 bridgehead atoms. The first kappa shape index (κ1) is 27.6. The van der Waals surface area contributed by atoms with Gasteiger partial charge in [0.05, 0.1) is 25.5 Å². The molecule has 9 nitrogen and oxygen atoms in total. The molecular formula is C31H27N3O6. The van der Waals surface area contributed by atoms with Crippen LogP contribution < -0.4 is 25.0 Å². The van der Waals surface area contributed by atoms with E-state index in [-0.39, 0.29) is 11.7 Å². The van der Waals surface area contributed by atoms with E-state index in [0.29, 0.717) is 46.0 Å². The molecule has 40 heavy (non-hydrogen) atoms. The first-order valence-corrected chi connectivity index (χ1v) is 12.4. The number of hydrogen-bond acceptors (Lipinski definition) is 7. The van der Waals surface area contributed by atoms with Crippen molar-refractivity contribution in [2.75, 3.05) is 19.0 Å². The van der Waals surface area contributed by atoms with Gasteiger partial charge in [-0.15, -0.1) is 0 Å². The van der Waals surface area contributed by atoms with Crippen LogP contribution in [0.2, 0.25) is 0 Å². The van der Waals surface area contributed by atoms with Crippen molar-refractivity contribution in [1.29, 1.82) is 0 Å². The molecular weight excluding hydrogens is 510 g/mol. The Morgan fingerprint density at radius 2 is 1.52 bits per heavy atom. The number of benzene rings is 4. The van der Waals surface area contributed by atoms with E-state index in [1.54, 1.807) is 98.1 Å². The fourth-order valence-corrected chi connectivity index (χ4v) is 3.60. The minimum atomic E-state index is -0.542. The van der Waals surface area contributed by atoms with Gasteiger partial charge in [-0.3, -0.25) is 9.59 Å². The Morgan fingerprint density at radius 1 is 0.775 bits per heavy atom. The van der Waals surface area contributed by atoms with E-state index >= 15 is 0 Å². The Hall–Kier alpha value is -5.44. The van der Waals surface area contributed by atoms with E-state index in [4.69, 9.17) is 14.2 Å². The molecule has 0 aromatic heterocycles. The summed E-state index contributed by atoms with van der Waals surface area (Å²) in [4.78, 5) is 37.6. The van der Waals surface area contributed by atoms with Crippen LogP contribution >= 0.6 is 0 Å². The Labute approximate surface area is 231 Å². The topological polar surface area (TPSA) is 115 Å². The predicted molar refractivity (Wildman–Crippen MR) is 151 cm³/mol. The van der Waals surface area contributed by atoms with Gasteiger partial charge < -0.3 is 19.5 Å². The van der Waals surface area contributed by atoms with Crippen LogP contribution in [0.4, 0.5) is 5.69 Å². The molecule has 9 heteroatoms. The summed E-state index contributed by atoms with van der Waals surface area (Å²) < 4.78 is 16.3. The van der Waals surface area contributed by atoms with Crippen LogP contribution in [-0.2, 0) is 0 Å². The van der Waals surface area contributed by atoms with Gasteiger partial charge in [0.1, 0.15) is 5.75 Å². The molecule has 0 aliphatic heterocycles. The number of hydrogen-bond donors (Lipinski definition) is 2. The fraction of sp³-hybridized carbons (Fsp3) is 0.0968. The molecule has 202 valence electrons. The van der Waals surface area contributed by atoms with Crippen LogP contribution in [0, 0.1) is 0 Å². The van der Waals surface area contributed by atoms with Crippen molar-refractivity contribution in [3.8, 4) is 17.2 Å². The van der Waals surface area contributed by atoms with Crippen LogP contribution in [0.3, 0.4) is 0 Å². The molecule has 2 amide bonds. The number of rotatable bonds is 10. The highest BCUT2D eigenvalue weighted by atomic mass is 16.6. The molecule has 0 saturated carbocycles. The van der Waals surface area contributed by atoms with Crippen molar-refractivity contribution in [2.45, 2.75) is 6.92 Å². The van der Waals surface area contributed by atoms with Gasteiger partial charge in [-0.2, -0.15) is 5.10 Å². The van der Waals surface area contributed by atoms with Crippen LogP contribution in [0.1, 0.15) is 43.6 Å². The maximum atomic E-state index is 12.6. The Kier molecular flexibility index (Phi) is 9.23. The van der Waals surface area contributed by atoms with Gasteiger partial charge in [0.15, 0.2) is 11.5 Å². The smallest absolute Gasteiger partial charge is 0.343 e. The number of hydrazone groups is 1. The van der Waals surface area contributed by atoms with Gasteiger partial charge in [-0.05, 0) is 85.3 Å². The SMILES string of the molecule is CCOc1cc(C=NNC(=O)c2cccc(NC(=O)c3ccccc3)c2)ccc1OC(=O)c1ccc(OC)cc1. The molecule has 0 atom stereocenters. The van der Waals surface area contributed by atoms with Crippen molar-refractivity contribution >= 4 is 29.7 Å². The van der Waals surface area contributed by atoms with Gasteiger partial charge in [-0.1, -0.05) is 24.3 Å². The molecule has 0 aliphatic rings. The molecule has 0 aliphatic carbocycles. The number of nitrogens with zero attached hydrogens (tertiary/aromatic N) is 1. The predicted octanol–water partition coefficient (Wildman–Crippen LogP) is 5.33. The Morgan fingerprint density at radius 3 is 2.25 bits per heavy atom. The first-order valence-electron chi connectivity index (χ1n) is 12.4. The van der Waals surface area contributed by atoms with E-state index in [1.165, 1.54) is 6.21 Å². The summed E-state index contributed by atoms with van der Waals surface area (Å²) >= 11 is 0. The third-order valence-electron chi connectivity index (χ3n) is 5.59. The van der Waals surface area contributed by atoms with Crippen molar-refractivity contribution in [3.63, 3.8) is 0 Å². The number of esters is 1. The van der Waals surface area contributed by atoms with E-state index in [1.807, 2.05) is 13.0 Å². The lowest BCUT2D eigenvalue weighted by Crippen LogP contribution is -2.18. The summed E-state index contributed by atoms with van der Waals surface area (Å²) in [6.07, 6.45) is 1.44. The van der Waals surface area contributed by atoms with E-state index in [0.717, 1.165) is 0 Å². The van der Waals surface area contributed by atoms with E-state index in [9.17, 15) is 14.4 Å². The number of carbonyl (C=O) groups excluding carboxylic acids is 3. The molecule has 0 spiro atoms. The second-order valence-electron chi connectivity index (χ2n) is 8.36. The lowest BCUT2D eigenvalue weighted by molar-refractivity contribution is 0.0728. The molecule has 4 aromatic rings. The monoisotopic (exact) mass is 537 g/mol. The quantitative estimate of drug-likeness (QED) is 0.122. The van der Waals surface area contributed by atoms with E-state index in [2.05, 4.69) is 15.8 Å². The first-order chi connectivity index (χ1) is 19.5. The Balaban J connectivity index is 1.39. The molecule has 4 rings (SSSR count). The zero-order chi connectivity index (χ0) is 28.3. The van der Waals surface area contributed by atoms with Crippen molar-refractivity contribution in [2.24, 2.45) is 5.10 Å². The highest BCUT2D eigenvalue weighted by molar-refractivity contribution is 6.05. The molecule has 4 aromatic carbocycles. The maximum Gasteiger partial charge on any atom is 0.343 e. The summed E-state index contributed by atoms with van der Waals surface area (Å²) in [5, 5.41) is 6.80. The van der Waals surface area contributed by atoms with Gasteiger partial charge in [0, 0.05) is 16.8 Å². The summed E-state index contributed by atoms with van der Waals surface area (Å²) in [5.74, 6) is -0.0504. The van der Waals surface area contributed by atoms with E-state index < -0.39 is 11.9 Å². The summed E-state index contributed by atoms with van der Waals surface area (Å²) in [6.45, 7) is 2.16. The van der Waals surface area contributed by atoms with Crippen LogP contribution in [0.15, 0.2) is 102 Å². The zero-order valence-electron chi connectivity index (χ0n) is 21.9. The molecule has 0 heterocycles. The summed E-state index contributed by atoms with van der Waals surface area (Å²) in [7, 11) is 1.55. The summed E-state index contributed by atoms with van der Waals surface area (Å²) in [5.41, 5.74) is 4.75. The molecule has 0 fully saturated rings.